The molecule has 1 rings (SSSR count). The molecule has 0 fully saturated rings. The Hall–Kier alpha value is -2.00. The number of alkyl halides is 5. The molecule has 0 aliphatic carbocycles. The van der Waals surface area contributed by atoms with Gasteiger partial charge in [0.05, 0.1) is 17.7 Å². The van der Waals surface area contributed by atoms with Crippen molar-refractivity contribution >= 4 is 5.97 Å². The second-order valence-corrected chi connectivity index (χ2v) is 3.27. The average molecular weight is 303 g/mol. The van der Waals surface area contributed by atoms with E-state index in [4.69, 9.17) is 0 Å². The maximum Gasteiger partial charge on any atom is 0.573 e. The highest BCUT2D eigenvalue weighted by molar-refractivity contribution is 5.91. The van der Waals surface area contributed by atoms with E-state index in [9.17, 15) is 31.1 Å². The highest BCUT2D eigenvalue weighted by atomic mass is 19.4. The molecule has 4 nitrogen and oxygen atoms in total. The minimum atomic E-state index is -5.42. The first-order valence-electron chi connectivity index (χ1n) is 5.06. The second-order valence-electron chi connectivity index (χ2n) is 3.27. The fraction of sp³-hybridized carbons (Fsp3) is 0.400. The van der Waals surface area contributed by atoms with Crippen LogP contribution in [0.5, 0.6) is 5.75 Å². The van der Waals surface area contributed by atoms with Crippen LogP contribution in [-0.2, 0) is 4.74 Å². The third-order valence-electron chi connectivity index (χ3n) is 1.96. The maximum absolute atomic E-state index is 13.1. The molecule has 0 radical (unpaired) electrons. The van der Waals surface area contributed by atoms with E-state index in [1.54, 1.807) is 0 Å². The van der Waals surface area contributed by atoms with Crippen LogP contribution < -0.4 is 4.74 Å². The molecule has 0 bridgehead atoms. The quantitative estimate of drug-likeness (QED) is 0.487. The zero-order valence-electron chi connectivity index (χ0n) is 9.80. The molecule has 0 spiro atoms. The largest absolute Gasteiger partial charge is 0.573 e. The smallest absolute Gasteiger partial charge is 0.462 e. The normalized spacial score (nSPS) is 11.6. The molecule has 1 aromatic rings. The number of pyridine rings is 1. The van der Waals surface area contributed by atoms with Crippen molar-refractivity contribution in [3.05, 3.63) is 23.3 Å². The molecule has 10 heteroatoms. The molecule has 0 unspecified atom stereocenters. The summed E-state index contributed by atoms with van der Waals surface area (Å²) in [5.74, 6) is -5.12. The summed E-state index contributed by atoms with van der Waals surface area (Å²) in [4.78, 5) is 14.1. The molecule has 0 aromatic carbocycles. The molecule has 0 amide bonds. The standard InChI is InChI=1S/C10H7F6NO3/c1-2-19-9(18)4-3-17-8(13)6(5(4)7(11)12)20-10(14,15)16/h3,7H,2H2,1H3. The van der Waals surface area contributed by atoms with Crippen LogP contribution in [0.4, 0.5) is 26.3 Å². The molecule has 1 aromatic heterocycles. The molecule has 0 saturated carbocycles. The van der Waals surface area contributed by atoms with E-state index in [1.807, 2.05) is 0 Å². The fourth-order valence-electron chi connectivity index (χ4n) is 1.28. The van der Waals surface area contributed by atoms with Gasteiger partial charge in [0, 0.05) is 6.20 Å². The summed E-state index contributed by atoms with van der Waals surface area (Å²) < 4.78 is 82.5. The van der Waals surface area contributed by atoms with Gasteiger partial charge < -0.3 is 9.47 Å². The third-order valence-corrected chi connectivity index (χ3v) is 1.96. The molecule has 0 aliphatic heterocycles. The SMILES string of the molecule is CCOC(=O)c1cnc(F)c(OC(F)(F)F)c1C(F)F. The number of nitrogens with zero attached hydrogens (tertiary/aromatic N) is 1. The molecular formula is C10H7F6NO3. The van der Waals surface area contributed by atoms with Gasteiger partial charge in [-0.3, -0.25) is 0 Å². The molecule has 1 heterocycles. The van der Waals surface area contributed by atoms with Crippen LogP contribution >= 0.6 is 0 Å². The van der Waals surface area contributed by atoms with Gasteiger partial charge in [-0.1, -0.05) is 0 Å². The van der Waals surface area contributed by atoms with Gasteiger partial charge in [-0.25, -0.2) is 18.6 Å². The Balaban J connectivity index is 3.41. The van der Waals surface area contributed by atoms with Crippen LogP contribution in [0.1, 0.15) is 29.3 Å². The molecule has 0 aliphatic rings. The molecule has 112 valence electrons. The van der Waals surface area contributed by atoms with Crippen LogP contribution in [0.3, 0.4) is 0 Å². The fourth-order valence-corrected chi connectivity index (χ4v) is 1.28. The predicted molar refractivity (Wildman–Crippen MR) is 51.8 cm³/mol. The Morgan fingerprint density at radius 3 is 2.45 bits per heavy atom. The van der Waals surface area contributed by atoms with Crippen LogP contribution in [0, 0.1) is 5.95 Å². The van der Waals surface area contributed by atoms with Crippen molar-refractivity contribution in [2.24, 2.45) is 0 Å². The lowest BCUT2D eigenvalue weighted by Crippen LogP contribution is -2.21. The summed E-state index contributed by atoms with van der Waals surface area (Å²) in [6.45, 7) is 1.14. The van der Waals surface area contributed by atoms with Crippen LogP contribution in [0.2, 0.25) is 0 Å². The van der Waals surface area contributed by atoms with Crippen molar-refractivity contribution in [2.45, 2.75) is 19.7 Å². The van der Waals surface area contributed by atoms with E-state index in [-0.39, 0.29) is 6.61 Å². The maximum atomic E-state index is 13.1. The van der Waals surface area contributed by atoms with Gasteiger partial charge in [-0.05, 0) is 6.92 Å². The number of ether oxygens (including phenoxy) is 2. The first-order valence-corrected chi connectivity index (χ1v) is 5.06. The Kier molecular flexibility index (Phi) is 4.79. The van der Waals surface area contributed by atoms with Crippen LogP contribution in [0.15, 0.2) is 6.20 Å². The number of rotatable bonds is 4. The second kappa shape index (κ2) is 5.97. The Morgan fingerprint density at radius 1 is 1.40 bits per heavy atom. The van der Waals surface area contributed by atoms with E-state index in [2.05, 4.69) is 14.5 Å². The highest BCUT2D eigenvalue weighted by Crippen LogP contribution is 2.36. The summed E-state index contributed by atoms with van der Waals surface area (Å²) in [5.41, 5.74) is -2.56. The Morgan fingerprint density at radius 2 is 2.00 bits per heavy atom. The monoisotopic (exact) mass is 303 g/mol. The van der Waals surface area contributed by atoms with Crippen LogP contribution in [-0.4, -0.2) is 23.9 Å². The number of carbonyl (C=O) groups is 1. The van der Waals surface area contributed by atoms with Gasteiger partial charge in [-0.2, -0.15) is 4.39 Å². The predicted octanol–water partition coefficient (Wildman–Crippen LogP) is 3.23. The lowest BCUT2D eigenvalue weighted by Gasteiger charge is -2.15. The average Bonchev–Trinajstić information content (AvgIpc) is 2.29. The summed E-state index contributed by atoms with van der Waals surface area (Å²) in [7, 11) is 0. The van der Waals surface area contributed by atoms with E-state index in [1.165, 1.54) is 6.92 Å². The number of hydrogen-bond acceptors (Lipinski definition) is 4. The summed E-state index contributed by atoms with van der Waals surface area (Å²) >= 11 is 0. The van der Waals surface area contributed by atoms with Crippen molar-refractivity contribution < 1.29 is 40.6 Å². The van der Waals surface area contributed by atoms with Crippen LogP contribution in [0.25, 0.3) is 0 Å². The molecule has 0 N–H and O–H groups in total. The molecule has 0 saturated heterocycles. The van der Waals surface area contributed by atoms with Crippen molar-refractivity contribution in [1.29, 1.82) is 0 Å². The lowest BCUT2D eigenvalue weighted by atomic mass is 10.1. The van der Waals surface area contributed by atoms with Gasteiger partial charge in [0.2, 0.25) is 0 Å². The minimum Gasteiger partial charge on any atom is -0.462 e. The molecule has 20 heavy (non-hydrogen) atoms. The minimum absolute atomic E-state index is 0.214. The zero-order chi connectivity index (χ0) is 15.5. The van der Waals surface area contributed by atoms with Gasteiger partial charge in [0.1, 0.15) is 0 Å². The highest BCUT2D eigenvalue weighted by Gasteiger charge is 2.37. The summed E-state index contributed by atoms with van der Waals surface area (Å²) in [5, 5.41) is 0. The number of hydrogen-bond donors (Lipinski definition) is 0. The third kappa shape index (κ3) is 3.75. The Labute approximate surface area is 108 Å². The van der Waals surface area contributed by atoms with Gasteiger partial charge in [-0.15, -0.1) is 13.2 Å². The lowest BCUT2D eigenvalue weighted by molar-refractivity contribution is -0.276. The number of halogens is 6. The first-order chi connectivity index (χ1) is 9.17. The van der Waals surface area contributed by atoms with Gasteiger partial charge in [0.15, 0.2) is 5.75 Å². The molecule has 0 atom stereocenters. The summed E-state index contributed by atoms with van der Waals surface area (Å²) in [6, 6.07) is 0. The van der Waals surface area contributed by atoms with Crippen molar-refractivity contribution in [3.8, 4) is 5.75 Å². The molecular weight excluding hydrogens is 296 g/mol. The van der Waals surface area contributed by atoms with E-state index < -0.39 is 41.6 Å². The van der Waals surface area contributed by atoms with E-state index >= 15 is 0 Å². The zero-order valence-corrected chi connectivity index (χ0v) is 9.80. The topological polar surface area (TPSA) is 48.4 Å². The van der Waals surface area contributed by atoms with E-state index in [0.29, 0.717) is 6.20 Å². The summed E-state index contributed by atoms with van der Waals surface area (Å²) in [6.07, 6.45) is -8.65. The van der Waals surface area contributed by atoms with Crippen molar-refractivity contribution in [2.75, 3.05) is 6.61 Å². The number of aromatic nitrogens is 1. The Bertz CT molecular complexity index is 503. The van der Waals surface area contributed by atoms with Gasteiger partial charge in [0.25, 0.3) is 12.4 Å². The van der Waals surface area contributed by atoms with Gasteiger partial charge >= 0.3 is 12.3 Å². The van der Waals surface area contributed by atoms with Crippen molar-refractivity contribution in [1.82, 2.24) is 4.98 Å². The number of esters is 1. The first kappa shape index (κ1) is 16.1. The van der Waals surface area contributed by atoms with E-state index in [0.717, 1.165) is 0 Å². The van der Waals surface area contributed by atoms with Crippen molar-refractivity contribution in [3.63, 3.8) is 0 Å². The number of carbonyl (C=O) groups excluding carboxylic acids is 1.